The number of hydrogen-bond donors (Lipinski definition) is 1. The number of amides is 1. The highest BCUT2D eigenvalue weighted by atomic mass is 16.5. The first kappa shape index (κ1) is 16.2. The Morgan fingerprint density at radius 2 is 2.00 bits per heavy atom. The van der Waals surface area contributed by atoms with Crippen molar-refractivity contribution in [2.24, 2.45) is 0 Å². The molecule has 1 spiro atoms. The van der Waals surface area contributed by atoms with Crippen molar-refractivity contribution in [2.75, 3.05) is 19.1 Å². The number of nitriles is 1. The number of ether oxygens (including phenoxy) is 1. The number of hydrogen-bond acceptors (Lipinski definition) is 4. The smallest absolute Gasteiger partial charge is 0.336 e. The zero-order valence-electron chi connectivity index (χ0n) is 14.4. The zero-order chi connectivity index (χ0) is 18.6. The van der Waals surface area contributed by atoms with Crippen LogP contribution in [0.5, 0.6) is 5.75 Å². The van der Waals surface area contributed by atoms with Crippen LogP contribution in [0.1, 0.15) is 34.3 Å². The van der Waals surface area contributed by atoms with Crippen molar-refractivity contribution in [3.63, 3.8) is 0 Å². The molecular weight excluding hydrogens is 332 g/mol. The van der Waals surface area contributed by atoms with E-state index >= 15 is 0 Å². The number of anilines is 1. The van der Waals surface area contributed by atoms with Crippen molar-refractivity contribution in [3.05, 3.63) is 47.0 Å². The number of carboxylic acid groups (broad SMARTS) is 1. The molecule has 1 aliphatic carbocycles. The van der Waals surface area contributed by atoms with Crippen molar-refractivity contribution < 1.29 is 19.4 Å². The van der Waals surface area contributed by atoms with Crippen molar-refractivity contribution in [1.82, 2.24) is 0 Å². The summed E-state index contributed by atoms with van der Waals surface area (Å²) in [6, 6.07) is 10.3. The fraction of sp³-hybridized carbons (Fsp3) is 0.250. The monoisotopic (exact) mass is 348 g/mol. The maximum atomic E-state index is 12.6. The van der Waals surface area contributed by atoms with Gasteiger partial charge in [0.05, 0.1) is 29.7 Å². The number of likely N-dealkylation sites (N-methyl/N-ethyl adjacent to an activating group) is 1. The van der Waals surface area contributed by atoms with E-state index in [-0.39, 0.29) is 11.5 Å². The summed E-state index contributed by atoms with van der Waals surface area (Å²) in [6.07, 6.45) is 1.54. The van der Waals surface area contributed by atoms with Crippen LogP contribution in [0.3, 0.4) is 0 Å². The van der Waals surface area contributed by atoms with Gasteiger partial charge in [-0.15, -0.1) is 0 Å². The van der Waals surface area contributed by atoms with E-state index < -0.39 is 11.4 Å². The summed E-state index contributed by atoms with van der Waals surface area (Å²) in [5.41, 5.74) is 2.46. The molecule has 1 saturated carbocycles. The lowest BCUT2D eigenvalue weighted by atomic mass is 9.90. The second kappa shape index (κ2) is 5.33. The van der Waals surface area contributed by atoms with Crippen LogP contribution >= 0.6 is 0 Å². The topological polar surface area (TPSA) is 90.6 Å². The summed E-state index contributed by atoms with van der Waals surface area (Å²) in [5.74, 6) is -0.600. The highest BCUT2D eigenvalue weighted by Gasteiger charge is 2.58. The summed E-state index contributed by atoms with van der Waals surface area (Å²) in [6.45, 7) is 0. The lowest BCUT2D eigenvalue weighted by Gasteiger charge is -2.15. The number of fused-ring (bicyclic) bond motifs is 2. The van der Waals surface area contributed by atoms with Gasteiger partial charge in [0.15, 0.2) is 0 Å². The average Bonchev–Trinajstić information content (AvgIpc) is 3.43. The Hall–Kier alpha value is -3.33. The molecule has 26 heavy (non-hydrogen) atoms. The predicted octanol–water partition coefficient (Wildman–Crippen LogP) is 2.94. The van der Waals surface area contributed by atoms with Crippen LogP contribution in [-0.4, -0.2) is 31.1 Å². The second-order valence-corrected chi connectivity index (χ2v) is 6.69. The SMILES string of the molecule is COc1ccc(C#N)cc1-c1cc2c(cc1C(=O)O)N(C)C(=O)C21CC1. The number of nitrogens with zero attached hydrogens (tertiary/aromatic N) is 2. The van der Waals surface area contributed by atoms with Gasteiger partial charge in [-0.05, 0) is 48.7 Å². The molecule has 4 rings (SSSR count). The second-order valence-electron chi connectivity index (χ2n) is 6.69. The molecule has 1 fully saturated rings. The van der Waals surface area contributed by atoms with Crippen LogP contribution in [0.4, 0.5) is 5.69 Å². The van der Waals surface area contributed by atoms with E-state index in [1.807, 2.05) is 0 Å². The van der Waals surface area contributed by atoms with Gasteiger partial charge < -0.3 is 14.7 Å². The van der Waals surface area contributed by atoms with Crippen molar-refractivity contribution >= 4 is 17.6 Å². The van der Waals surface area contributed by atoms with Gasteiger partial charge in [-0.25, -0.2) is 4.79 Å². The lowest BCUT2D eigenvalue weighted by molar-refractivity contribution is -0.119. The summed E-state index contributed by atoms with van der Waals surface area (Å²) >= 11 is 0. The van der Waals surface area contributed by atoms with E-state index in [1.165, 1.54) is 7.11 Å². The van der Waals surface area contributed by atoms with Crippen molar-refractivity contribution in [3.8, 4) is 22.9 Å². The van der Waals surface area contributed by atoms with Gasteiger partial charge in [-0.3, -0.25) is 4.79 Å². The van der Waals surface area contributed by atoms with E-state index in [0.29, 0.717) is 28.1 Å². The first-order valence-corrected chi connectivity index (χ1v) is 8.21. The van der Waals surface area contributed by atoms with Gasteiger partial charge in [0, 0.05) is 23.9 Å². The number of benzene rings is 2. The fourth-order valence-corrected chi connectivity index (χ4v) is 3.79. The average molecular weight is 348 g/mol. The largest absolute Gasteiger partial charge is 0.496 e. The number of carbonyl (C=O) groups is 2. The normalized spacial score (nSPS) is 16.3. The third kappa shape index (κ3) is 2.04. The van der Waals surface area contributed by atoms with Crippen molar-refractivity contribution in [1.29, 1.82) is 5.26 Å². The maximum absolute atomic E-state index is 12.6. The Morgan fingerprint density at radius 3 is 2.58 bits per heavy atom. The molecule has 0 atom stereocenters. The van der Waals surface area contributed by atoms with Gasteiger partial charge in [-0.1, -0.05) is 0 Å². The molecule has 1 amide bonds. The highest BCUT2D eigenvalue weighted by Crippen LogP contribution is 2.58. The molecular formula is C20H16N2O4. The summed E-state index contributed by atoms with van der Waals surface area (Å²) < 4.78 is 5.38. The highest BCUT2D eigenvalue weighted by molar-refractivity contribution is 6.12. The molecule has 1 heterocycles. The summed E-state index contributed by atoms with van der Waals surface area (Å²) in [4.78, 5) is 26.1. The molecule has 0 saturated heterocycles. The van der Waals surface area contributed by atoms with Gasteiger partial charge in [-0.2, -0.15) is 5.26 Å². The molecule has 2 aromatic rings. The first-order chi connectivity index (χ1) is 12.4. The number of aromatic carboxylic acids is 1. The van der Waals surface area contributed by atoms with Gasteiger partial charge in [0.1, 0.15) is 5.75 Å². The maximum Gasteiger partial charge on any atom is 0.336 e. The molecule has 6 nitrogen and oxygen atoms in total. The zero-order valence-corrected chi connectivity index (χ0v) is 14.4. The van der Waals surface area contributed by atoms with Gasteiger partial charge in [0.2, 0.25) is 5.91 Å². The molecule has 0 bridgehead atoms. The van der Waals surface area contributed by atoms with Gasteiger partial charge in [0.25, 0.3) is 0 Å². The fourth-order valence-electron chi connectivity index (χ4n) is 3.79. The van der Waals surface area contributed by atoms with E-state index in [4.69, 9.17) is 4.74 Å². The number of carboxylic acids is 1. The Balaban J connectivity index is 2.02. The Morgan fingerprint density at radius 1 is 1.27 bits per heavy atom. The number of rotatable bonds is 3. The Bertz CT molecular complexity index is 1020. The van der Waals surface area contributed by atoms with Crippen LogP contribution in [0.25, 0.3) is 11.1 Å². The number of methoxy groups -OCH3 is 1. The Labute approximate surface area is 150 Å². The summed E-state index contributed by atoms with van der Waals surface area (Å²) in [5, 5.41) is 18.9. The molecule has 0 radical (unpaired) electrons. The molecule has 2 aliphatic rings. The number of carbonyl (C=O) groups excluding carboxylic acids is 1. The third-order valence-corrected chi connectivity index (χ3v) is 5.33. The molecule has 2 aromatic carbocycles. The minimum absolute atomic E-state index is 0.0127. The van der Waals surface area contributed by atoms with Crippen LogP contribution in [0, 0.1) is 11.3 Å². The minimum atomic E-state index is -1.09. The van der Waals surface area contributed by atoms with Crippen LogP contribution < -0.4 is 9.64 Å². The predicted molar refractivity (Wildman–Crippen MR) is 94.4 cm³/mol. The molecule has 0 aromatic heterocycles. The van der Waals surface area contributed by atoms with Crippen molar-refractivity contribution in [2.45, 2.75) is 18.3 Å². The molecule has 0 unspecified atom stereocenters. The van der Waals surface area contributed by atoms with Crippen LogP contribution in [0.2, 0.25) is 0 Å². The standard InChI is InChI=1S/C20H16N2O4/c1-22-16-9-14(18(23)24)12(8-15(16)20(5-6-20)19(22)25)13-7-11(10-21)3-4-17(13)26-2/h3-4,7-9H,5-6H2,1-2H3,(H,23,24). The van der Waals surface area contributed by atoms with Crippen LogP contribution in [-0.2, 0) is 10.2 Å². The first-order valence-electron chi connectivity index (χ1n) is 8.21. The van der Waals surface area contributed by atoms with E-state index in [0.717, 1.165) is 18.4 Å². The Kier molecular flexibility index (Phi) is 3.31. The summed E-state index contributed by atoms with van der Waals surface area (Å²) in [7, 11) is 3.18. The molecule has 1 aliphatic heterocycles. The minimum Gasteiger partial charge on any atom is -0.496 e. The quantitative estimate of drug-likeness (QED) is 0.921. The van der Waals surface area contributed by atoms with Crippen LogP contribution in [0.15, 0.2) is 30.3 Å². The lowest BCUT2D eigenvalue weighted by Crippen LogP contribution is -2.27. The van der Waals surface area contributed by atoms with Gasteiger partial charge >= 0.3 is 5.97 Å². The molecule has 1 N–H and O–H groups in total. The van der Waals surface area contributed by atoms with E-state index in [2.05, 4.69) is 6.07 Å². The van der Waals surface area contributed by atoms with E-state index in [9.17, 15) is 20.0 Å². The van der Waals surface area contributed by atoms with E-state index in [1.54, 1.807) is 42.3 Å². The molecule has 130 valence electrons. The third-order valence-electron chi connectivity index (χ3n) is 5.33. The molecule has 6 heteroatoms.